The Bertz CT molecular complexity index is 1450. The van der Waals surface area contributed by atoms with Crippen molar-refractivity contribution < 1.29 is 27.8 Å². The molecular formula is C24H18F3N3O4Se. The summed E-state index contributed by atoms with van der Waals surface area (Å²) in [5.74, 6) is -4.58. The Morgan fingerprint density at radius 2 is 1.89 bits per heavy atom. The number of carbonyl (C=O) groups is 1. The summed E-state index contributed by atoms with van der Waals surface area (Å²) in [6.45, 7) is 0.472. The number of amides is 1. The molecule has 0 spiro atoms. The molecule has 0 aliphatic carbocycles. The molecule has 35 heavy (non-hydrogen) atoms. The molecule has 1 amide bonds. The van der Waals surface area contributed by atoms with E-state index in [4.69, 9.17) is 4.74 Å². The number of aromatic nitrogens is 1. The van der Waals surface area contributed by atoms with Crippen LogP contribution >= 0.6 is 0 Å². The Kier molecular flexibility index (Phi) is 5.17. The Morgan fingerprint density at radius 3 is 2.71 bits per heavy atom. The molecule has 3 aromatic rings. The number of carbonyl (C=O) groups excluding carboxylic acids is 1. The zero-order chi connectivity index (χ0) is 24.4. The predicted molar refractivity (Wildman–Crippen MR) is 120 cm³/mol. The fourth-order valence-corrected chi connectivity index (χ4v) is 7.36. The molecular weight excluding hydrogens is 530 g/mol. The average Bonchev–Trinajstić information content (AvgIpc) is 3.03. The van der Waals surface area contributed by atoms with Crippen LogP contribution in [-0.2, 0) is 10.1 Å². The van der Waals surface area contributed by atoms with Gasteiger partial charge in [-0.1, -0.05) is 0 Å². The summed E-state index contributed by atoms with van der Waals surface area (Å²) in [4.78, 5) is 27.0. The molecule has 2 atom stereocenters. The third-order valence-corrected chi connectivity index (χ3v) is 8.95. The van der Waals surface area contributed by atoms with Crippen LogP contribution in [0.1, 0.15) is 33.2 Å². The summed E-state index contributed by atoms with van der Waals surface area (Å²) in [6.07, 6.45) is 0.576. The number of nitrogens with zero attached hydrogens (tertiary/aromatic N) is 3. The third-order valence-electron chi connectivity index (χ3n) is 6.61. The van der Waals surface area contributed by atoms with Gasteiger partial charge in [0.1, 0.15) is 0 Å². The van der Waals surface area contributed by atoms with Crippen LogP contribution in [-0.4, -0.2) is 61.5 Å². The molecule has 1 N–H and O–H groups in total. The molecule has 1 fully saturated rings. The van der Waals surface area contributed by atoms with E-state index in [0.717, 1.165) is 10.5 Å². The average molecular weight is 548 g/mol. The van der Waals surface area contributed by atoms with Crippen LogP contribution < -0.4 is 14.9 Å². The van der Waals surface area contributed by atoms with Gasteiger partial charge in [0, 0.05) is 0 Å². The van der Waals surface area contributed by atoms with Crippen LogP contribution in [0.2, 0.25) is 0 Å². The standard InChI is InChI=1S/C24H18F3N3O4Se/c25-14-9-15(26)20(27)13-11-35-17-4-2-1-3-12(17)21(19(13)14)30-18-10-34-8-7-28(18)24(33)22-23(32)16(31)5-6-29(22)30/h1-6,9,18,21,32H,7-8,10-11H2. The first-order chi connectivity index (χ1) is 16.9. The van der Waals surface area contributed by atoms with Crippen LogP contribution in [0.25, 0.3) is 0 Å². The number of aromatic hydroxyl groups is 1. The molecule has 2 unspecified atom stereocenters. The van der Waals surface area contributed by atoms with Gasteiger partial charge < -0.3 is 0 Å². The molecule has 7 nitrogen and oxygen atoms in total. The van der Waals surface area contributed by atoms with Crippen LogP contribution in [0.4, 0.5) is 13.2 Å². The van der Waals surface area contributed by atoms with Gasteiger partial charge in [-0.3, -0.25) is 0 Å². The number of hydrogen-bond acceptors (Lipinski definition) is 5. The van der Waals surface area contributed by atoms with Gasteiger partial charge in [-0.25, -0.2) is 0 Å². The molecule has 4 heterocycles. The number of rotatable bonds is 1. The van der Waals surface area contributed by atoms with Crippen molar-refractivity contribution in [2.75, 3.05) is 24.8 Å². The van der Waals surface area contributed by atoms with E-state index in [1.807, 2.05) is 12.1 Å². The first-order valence-corrected chi connectivity index (χ1v) is 12.9. The number of halogens is 3. The van der Waals surface area contributed by atoms with Crippen molar-refractivity contribution in [1.82, 2.24) is 9.58 Å². The topological polar surface area (TPSA) is 75.0 Å². The van der Waals surface area contributed by atoms with Crippen molar-refractivity contribution in [2.45, 2.75) is 17.5 Å². The van der Waals surface area contributed by atoms with Gasteiger partial charge in [-0.05, 0) is 0 Å². The molecule has 3 aliphatic heterocycles. The van der Waals surface area contributed by atoms with Gasteiger partial charge >= 0.3 is 203 Å². The summed E-state index contributed by atoms with van der Waals surface area (Å²) >= 11 is -0.329. The van der Waals surface area contributed by atoms with Gasteiger partial charge in [0.2, 0.25) is 0 Å². The second-order valence-corrected chi connectivity index (χ2v) is 10.6. The molecule has 3 aliphatic rings. The number of benzene rings is 2. The number of hydrogen-bond donors (Lipinski definition) is 1. The Labute approximate surface area is 203 Å². The zero-order valence-corrected chi connectivity index (χ0v) is 19.8. The van der Waals surface area contributed by atoms with E-state index in [2.05, 4.69) is 0 Å². The first kappa shape index (κ1) is 22.2. The number of morpholine rings is 1. The SMILES string of the molecule is O=C1c2c(O)c(=O)ccn2N(C2c3ccccc3[Se]Cc3c(F)c(F)cc(F)c32)C2COCCN12. The predicted octanol–water partition coefficient (Wildman–Crippen LogP) is 1.35. The van der Waals surface area contributed by atoms with E-state index in [9.17, 15) is 19.1 Å². The van der Waals surface area contributed by atoms with Crippen molar-refractivity contribution in [3.63, 3.8) is 0 Å². The van der Waals surface area contributed by atoms with Crippen molar-refractivity contribution in [3.8, 4) is 5.75 Å². The van der Waals surface area contributed by atoms with Gasteiger partial charge in [-0.2, -0.15) is 0 Å². The van der Waals surface area contributed by atoms with E-state index >= 15 is 8.78 Å². The Balaban J connectivity index is 1.70. The molecule has 180 valence electrons. The molecule has 0 radical (unpaired) electrons. The van der Waals surface area contributed by atoms with Crippen LogP contribution in [0.3, 0.4) is 0 Å². The molecule has 0 bridgehead atoms. The molecule has 11 heteroatoms. The maximum absolute atomic E-state index is 15.6. The van der Waals surface area contributed by atoms with Crippen molar-refractivity contribution in [1.29, 1.82) is 0 Å². The molecule has 1 saturated heterocycles. The molecule has 6 rings (SSSR count). The fourth-order valence-electron chi connectivity index (χ4n) is 5.05. The van der Waals surface area contributed by atoms with Crippen LogP contribution in [0.5, 0.6) is 5.75 Å². The van der Waals surface area contributed by atoms with Crippen molar-refractivity contribution in [2.24, 2.45) is 0 Å². The second kappa shape index (κ2) is 8.15. The molecule has 1 aromatic heterocycles. The summed E-state index contributed by atoms with van der Waals surface area (Å²) < 4.78 is 52.8. The quantitative estimate of drug-likeness (QED) is 0.368. The van der Waals surface area contributed by atoms with Crippen molar-refractivity contribution in [3.05, 3.63) is 92.7 Å². The Morgan fingerprint density at radius 1 is 1.09 bits per heavy atom. The number of fused-ring (bicyclic) bond motifs is 4. The maximum atomic E-state index is 15.6. The van der Waals surface area contributed by atoms with E-state index in [1.165, 1.54) is 15.8 Å². The monoisotopic (exact) mass is 549 g/mol. The second-order valence-electron chi connectivity index (χ2n) is 8.43. The van der Waals surface area contributed by atoms with Gasteiger partial charge in [0.25, 0.3) is 0 Å². The van der Waals surface area contributed by atoms with E-state index in [0.29, 0.717) is 11.6 Å². The minimum absolute atomic E-state index is 0.0419. The first-order valence-electron chi connectivity index (χ1n) is 10.9. The Hall–Kier alpha value is -3.27. The van der Waals surface area contributed by atoms with E-state index in [-0.39, 0.29) is 56.9 Å². The van der Waals surface area contributed by atoms with E-state index in [1.54, 1.807) is 17.1 Å². The van der Waals surface area contributed by atoms with E-state index < -0.39 is 46.7 Å². The third kappa shape index (κ3) is 3.22. The van der Waals surface area contributed by atoms with Crippen molar-refractivity contribution >= 4 is 25.3 Å². The molecule has 2 aromatic carbocycles. The summed E-state index contributed by atoms with van der Waals surface area (Å²) in [5.41, 5.74) is -0.441. The van der Waals surface area contributed by atoms with Gasteiger partial charge in [0.05, 0.1) is 0 Å². The van der Waals surface area contributed by atoms with Gasteiger partial charge in [0.15, 0.2) is 0 Å². The normalized spacial score (nSPS) is 21.1. The number of ether oxygens (including phenoxy) is 1. The number of pyridine rings is 1. The summed E-state index contributed by atoms with van der Waals surface area (Å²) in [6, 6.07) is 7.91. The van der Waals surface area contributed by atoms with Gasteiger partial charge in [-0.15, -0.1) is 0 Å². The summed E-state index contributed by atoms with van der Waals surface area (Å²) in [5, 5.41) is 12.3. The molecule has 0 saturated carbocycles. The van der Waals surface area contributed by atoms with Crippen LogP contribution in [0, 0.1) is 17.5 Å². The minimum atomic E-state index is -1.26. The summed E-state index contributed by atoms with van der Waals surface area (Å²) in [7, 11) is 0. The zero-order valence-electron chi connectivity index (χ0n) is 18.1. The fraction of sp³-hybridized carbons (Fsp3) is 0.250. The van der Waals surface area contributed by atoms with Crippen LogP contribution in [0.15, 0.2) is 47.4 Å².